The van der Waals surface area contributed by atoms with E-state index in [2.05, 4.69) is 40.8 Å². The summed E-state index contributed by atoms with van der Waals surface area (Å²) in [4.78, 5) is 44.8. The number of nitrogens with one attached hydrogen (secondary N) is 2. The van der Waals surface area contributed by atoms with E-state index in [9.17, 15) is 9.59 Å². The molecule has 1 saturated carbocycles. The van der Waals surface area contributed by atoms with Crippen LogP contribution in [0.4, 0.5) is 21.9 Å². The van der Waals surface area contributed by atoms with E-state index in [4.69, 9.17) is 0 Å². The molecule has 0 bridgehead atoms. The van der Waals surface area contributed by atoms with Crippen LogP contribution in [0.5, 0.6) is 0 Å². The van der Waals surface area contributed by atoms with Crippen LogP contribution in [0.3, 0.4) is 0 Å². The van der Waals surface area contributed by atoms with Crippen molar-refractivity contribution in [1.29, 1.82) is 0 Å². The monoisotopic (exact) mass is 708 g/mol. The molecule has 6 heterocycles. The zero-order valence-corrected chi connectivity index (χ0v) is 30.4. The lowest BCUT2D eigenvalue weighted by Gasteiger charge is -2.19. The van der Waals surface area contributed by atoms with Crippen molar-refractivity contribution < 1.29 is 9.59 Å². The molecule has 0 unspecified atom stereocenters. The van der Waals surface area contributed by atoms with Gasteiger partial charge >= 0.3 is 0 Å². The number of nitrogens with zero attached hydrogens (tertiary/aromatic N) is 8. The van der Waals surface area contributed by atoms with Crippen LogP contribution in [0.2, 0.25) is 0 Å². The first-order valence-electron chi connectivity index (χ1n) is 16.7. The van der Waals surface area contributed by atoms with Gasteiger partial charge in [0.2, 0.25) is 11.8 Å². The van der Waals surface area contributed by atoms with Crippen LogP contribution in [-0.2, 0) is 0 Å². The fourth-order valence-corrected chi connectivity index (χ4v) is 7.32. The normalized spacial score (nSPS) is 13.2. The minimum atomic E-state index is -0.0982. The van der Waals surface area contributed by atoms with Crippen molar-refractivity contribution in [3.63, 3.8) is 0 Å². The summed E-state index contributed by atoms with van der Waals surface area (Å²) in [5.74, 6) is 1.61. The van der Waals surface area contributed by atoms with Crippen LogP contribution in [0.25, 0.3) is 22.5 Å². The molecule has 0 radical (unpaired) electrons. The summed E-state index contributed by atoms with van der Waals surface area (Å²) in [6.07, 6.45) is 14.1. The fraction of sp³-hybridized carbons (Fsp3) is 0.333. The van der Waals surface area contributed by atoms with Crippen molar-refractivity contribution in [3.05, 3.63) is 82.8 Å². The number of thiazole rings is 2. The van der Waals surface area contributed by atoms with Crippen molar-refractivity contribution in [2.45, 2.75) is 66.7 Å². The average Bonchev–Trinajstić information content (AvgIpc) is 3.93. The van der Waals surface area contributed by atoms with Crippen molar-refractivity contribution in [3.8, 4) is 22.5 Å². The first kappa shape index (κ1) is 34.8. The Labute approximate surface area is 299 Å². The van der Waals surface area contributed by atoms with Crippen LogP contribution in [0, 0.1) is 32.6 Å². The number of carbonyl (C=O) groups excluding carboxylic acids is 2. The van der Waals surface area contributed by atoms with E-state index in [0.29, 0.717) is 0 Å². The van der Waals surface area contributed by atoms with Crippen molar-refractivity contribution in [2.75, 3.05) is 10.6 Å². The molecule has 2 N–H and O–H groups in total. The molecule has 258 valence electrons. The maximum atomic E-state index is 12.6. The van der Waals surface area contributed by atoms with Crippen LogP contribution >= 0.6 is 22.7 Å². The molecule has 50 heavy (non-hydrogen) atoms. The van der Waals surface area contributed by atoms with Gasteiger partial charge in [0.05, 0.1) is 23.8 Å². The first-order valence-corrected chi connectivity index (χ1v) is 18.3. The lowest BCUT2D eigenvalue weighted by molar-refractivity contribution is 0.0783. The number of anilines is 4. The molecule has 0 amide bonds. The Hall–Kier alpha value is -5.08. The Morgan fingerprint density at radius 1 is 0.760 bits per heavy atom. The molecule has 6 aromatic heterocycles. The Morgan fingerprint density at radius 3 is 1.96 bits per heavy atom. The van der Waals surface area contributed by atoms with E-state index in [1.165, 1.54) is 15.8 Å². The van der Waals surface area contributed by atoms with Gasteiger partial charge in [-0.05, 0) is 57.9 Å². The van der Waals surface area contributed by atoms with Gasteiger partial charge in [0.1, 0.15) is 11.6 Å². The second kappa shape index (κ2) is 15.6. The number of pyridine rings is 2. The maximum absolute atomic E-state index is 12.6. The van der Waals surface area contributed by atoms with Crippen LogP contribution < -0.4 is 10.6 Å². The highest BCUT2D eigenvalue weighted by atomic mass is 32.1. The first-order chi connectivity index (χ1) is 24.1. The summed E-state index contributed by atoms with van der Waals surface area (Å²) in [6.45, 7) is 9.69. The lowest BCUT2D eigenvalue weighted by atomic mass is 9.89. The van der Waals surface area contributed by atoms with Gasteiger partial charge in [0.15, 0.2) is 10.3 Å². The number of carbonyl (C=O) groups is 2. The highest BCUT2D eigenvalue weighted by Crippen LogP contribution is 2.33. The zero-order valence-electron chi connectivity index (χ0n) is 28.8. The molecule has 1 aliphatic carbocycles. The van der Waals surface area contributed by atoms with Gasteiger partial charge in [-0.25, -0.2) is 29.3 Å². The molecular formula is C36H40N10O2S2. The molecular weight excluding hydrogens is 669 g/mol. The smallest absolute Gasteiger partial charge is 0.249 e. The fourth-order valence-electron chi connectivity index (χ4n) is 5.64. The quantitative estimate of drug-likeness (QED) is 0.157. The third-order valence-electron chi connectivity index (χ3n) is 8.23. The summed E-state index contributed by atoms with van der Waals surface area (Å²) in [7, 11) is 0. The Morgan fingerprint density at radius 2 is 1.36 bits per heavy atom. The van der Waals surface area contributed by atoms with Crippen LogP contribution in [0.15, 0.2) is 67.4 Å². The van der Waals surface area contributed by atoms with Crippen molar-refractivity contribution in [1.82, 2.24) is 39.5 Å². The zero-order chi connectivity index (χ0) is 35.2. The van der Waals surface area contributed by atoms with Crippen LogP contribution in [0.1, 0.15) is 71.0 Å². The summed E-state index contributed by atoms with van der Waals surface area (Å²) in [6, 6.07) is 11.5. The SMILES string of the molecule is Cc1cccc(Nc2nc(-c3cnn(C(=O)C(C)C)c3)c(C)s2)n1.Cc1sc(Nc2ccccn2)nc1-c1cnn(C(=O)C2CCCCC2)c1. The predicted octanol–water partition coefficient (Wildman–Crippen LogP) is 8.73. The molecule has 0 saturated heterocycles. The number of aryl methyl sites for hydroxylation is 3. The Bertz CT molecular complexity index is 2070. The van der Waals surface area contributed by atoms with E-state index in [0.717, 1.165) is 85.5 Å². The summed E-state index contributed by atoms with van der Waals surface area (Å²) < 4.78 is 2.88. The average molecular weight is 709 g/mol. The third-order valence-corrected chi connectivity index (χ3v) is 10.0. The van der Waals surface area contributed by atoms with E-state index in [1.54, 1.807) is 47.5 Å². The highest BCUT2D eigenvalue weighted by Gasteiger charge is 2.24. The minimum Gasteiger partial charge on any atom is -0.316 e. The Balaban J connectivity index is 0.000000174. The van der Waals surface area contributed by atoms with Gasteiger partial charge in [-0.2, -0.15) is 10.2 Å². The van der Waals surface area contributed by atoms with Gasteiger partial charge in [-0.15, -0.1) is 22.7 Å². The molecule has 0 aliphatic heterocycles. The number of rotatable bonds is 8. The number of hydrogen-bond acceptors (Lipinski definition) is 12. The van der Waals surface area contributed by atoms with E-state index < -0.39 is 0 Å². The van der Waals surface area contributed by atoms with E-state index >= 15 is 0 Å². The van der Waals surface area contributed by atoms with Crippen molar-refractivity contribution >= 4 is 56.4 Å². The van der Waals surface area contributed by atoms with Crippen LogP contribution in [-0.4, -0.2) is 51.3 Å². The second-order valence-electron chi connectivity index (χ2n) is 12.5. The van der Waals surface area contributed by atoms with Gasteiger partial charge in [0.25, 0.3) is 0 Å². The molecule has 6 aromatic rings. The molecule has 1 aliphatic rings. The molecule has 0 spiro atoms. The third kappa shape index (κ3) is 8.37. The molecule has 1 fully saturated rings. The van der Waals surface area contributed by atoms with E-state index in [-0.39, 0.29) is 23.7 Å². The highest BCUT2D eigenvalue weighted by molar-refractivity contribution is 7.16. The van der Waals surface area contributed by atoms with Gasteiger partial charge in [-0.3, -0.25) is 9.59 Å². The standard InChI is InChI=1S/C19H21N5OS.C17H19N5OS/c1-13-17(23-19(26-13)22-16-9-5-6-10-20-16)15-11-21-24(12-15)18(25)14-7-3-2-4-8-14;1-10(2)16(23)22-9-13(8-18-22)15-12(4)24-17(21-15)20-14-7-5-6-11(3)19-14/h5-6,9-12,14H,2-4,7-8H2,1H3,(H,20,22,23);5-10H,1-4H3,(H,19,20,21). The molecule has 7 rings (SSSR count). The molecule has 14 heteroatoms. The summed E-state index contributed by atoms with van der Waals surface area (Å²) in [5, 5.41) is 16.5. The predicted molar refractivity (Wildman–Crippen MR) is 199 cm³/mol. The molecule has 0 atom stereocenters. The summed E-state index contributed by atoms with van der Waals surface area (Å²) in [5.41, 5.74) is 4.34. The second-order valence-corrected chi connectivity index (χ2v) is 14.9. The van der Waals surface area contributed by atoms with E-state index in [1.807, 2.05) is 77.2 Å². The molecule has 12 nitrogen and oxygen atoms in total. The minimum absolute atomic E-state index is 0.0311. The van der Waals surface area contributed by atoms with Gasteiger partial charge in [0, 0.05) is 57.0 Å². The molecule has 0 aromatic carbocycles. The number of hydrogen-bond donors (Lipinski definition) is 2. The Kier molecular flexibility index (Phi) is 10.9. The van der Waals surface area contributed by atoms with Gasteiger partial charge in [-0.1, -0.05) is 45.2 Å². The van der Waals surface area contributed by atoms with Crippen molar-refractivity contribution in [2.24, 2.45) is 11.8 Å². The topological polar surface area (TPSA) is 145 Å². The number of aromatic nitrogens is 8. The lowest BCUT2D eigenvalue weighted by Crippen LogP contribution is -2.24. The van der Waals surface area contributed by atoms with Gasteiger partial charge < -0.3 is 10.6 Å². The maximum Gasteiger partial charge on any atom is 0.249 e. The summed E-state index contributed by atoms with van der Waals surface area (Å²) >= 11 is 3.12. The largest absolute Gasteiger partial charge is 0.316 e.